The predicted molar refractivity (Wildman–Crippen MR) is 104 cm³/mol. The minimum absolute atomic E-state index is 0.0170. The zero-order valence-electron chi connectivity index (χ0n) is 14.0. The number of ketones is 1. The average Bonchev–Trinajstić information content (AvgIpc) is 2.68. The molecule has 0 N–H and O–H groups in total. The second kappa shape index (κ2) is 7.86. The molecule has 0 saturated heterocycles. The first-order valence-electron chi connectivity index (χ1n) is 7.96. The third kappa shape index (κ3) is 4.15. The Morgan fingerprint density at radius 1 is 0.852 bits per heavy atom. The van der Waals surface area contributed by atoms with Gasteiger partial charge in [-0.05, 0) is 35.9 Å². The minimum Gasteiger partial charge on any atom is -0.288 e. The summed E-state index contributed by atoms with van der Waals surface area (Å²) >= 11 is 6.06. The molecule has 6 heteroatoms. The highest BCUT2D eigenvalue weighted by molar-refractivity contribution is 7.96. The van der Waals surface area contributed by atoms with Crippen molar-refractivity contribution in [2.45, 2.75) is 4.90 Å². The highest BCUT2D eigenvalue weighted by Gasteiger charge is 2.29. The van der Waals surface area contributed by atoms with Crippen LogP contribution in [0.25, 0.3) is 6.08 Å². The Morgan fingerprint density at radius 3 is 2.07 bits per heavy atom. The zero-order chi connectivity index (χ0) is 19.4. The highest BCUT2D eigenvalue weighted by atomic mass is 35.5. The van der Waals surface area contributed by atoms with Gasteiger partial charge in [0.1, 0.15) is 10.7 Å². The SMILES string of the molecule is O=C(C(=Cc1ccc(F)cc1)S(=O)(=O)c1ccccc1Cl)c1ccccc1. The molecule has 3 aromatic carbocycles. The maximum absolute atomic E-state index is 13.2. The van der Waals surface area contributed by atoms with Crippen molar-refractivity contribution in [1.82, 2.24) is 0 Å². The molecular formula is C21H14ClFO3S. The van der Waals surface area contributed by atoms with Gasteiger partial charge in [0.15, 0.2) is 0 Å². The lowest BCUT2D eigenvalue weighted by Crippen LogP contribution is -2.15. The van der Waals surface area contributed by atoms with Gasteiger partial charge in [0, 0.05) is 5.56 Å². The molecule has 0 spiro atoms. The molecule has 0 aliphatic rings. The van der Waals surface area contributed by atoms with Gasteiger partial charge in [-0.15, -0.1) is 0 Å². The van der Waals surface area contributed by atoms with Gasteiger partial charge in [-0.2, -0.15) is 0 Å². The summed E-state index contributed by atoms with van der Waals surface area (Å²) in [6, 6.07) is 19.2. The molecule has 3 rings (SSSR count). The number of rotatable bonds is 5. The van der Waals surface area contributed by atoms with Crippen LogP contribution >= 0.6 is 11.6 Å². The van der Waals surface area contributed by atoms with E-state index < -0.39 is 26.3 Å². The molecule has 3 aromatic rings. The predicted octanol–water partition coefficient (Wildman–Crippen LogP) is 5.18. The molecule has 0 fully saturated rings. The van der Waals surface area contributed by atoms with E-state index in [2.05, 4.69) is 0 Å². The fourth-order valence-electron chi connectivity index (χ4n) is 2.49. The molecule has 0 saturated carbocycles. The summed E-state index contributed by atoms with van der Waals surface area (Å²) in [6.45, 7) is 0. The van der Waals surface area contributed by atoms with E-state index in [0.29, 0.717) is 5.56 Å². The lowest BCUT2D eigenvalue weighted by Gasteiger charge is -2.10. The topological polar surface area (TPSA) is 51.2 Å². The molecule has 3 nitrogen and oxygen atoms in total. The maximum atomic E-state index is 13.2. The van der Waals surface area contributed by atoms with E-state index in [1.165, 1.54) is 60.7 Å². The third-order valence-electron chi connectivity index (χ3n) is 3.84. The fourth-order valence-corrected chi connectivity index (χ4v) is 4.40. The highest BCUT2D eigenvalue weighted by Crippen LogP contribution is 2.29. The van der Waals surface area contributed by atoms with Crippen molar-refractivity contribution in [2.24, 2.45) is 0 Å². The molecule has 0 radical (unpaired) electrons. The second-order valence-corrected chi connectivity index (χ2v) is 7.98. The van der Waals surface area contributed by atoms with E-state index >= 15 is 0 Å². The number of halogens is 2. The number of Topliss-reactive ketones (excluding diaryl/α,β-unsaturated/α-hetero) is 1. The number of hydrogen-bond donors (Lipinski definition) is 0. The molecule has 27 heavy (non-hydrogen) atoms. The fraction of sp³-hybridized carbons (Fsp3) is 0. The van der Waals surface area contributed by atoms with Gasteiger partial charge in [0.2, 0.25) is 15.6 Å². The van der Waals surface area contributed by atoms with Crippen LogP contribution in [0.3, 0.4) is 0 Å². The summed E-state index contributed by atoms with van der Waals surface area (Å²) in [4.78, 5) is 12.4. The summed E-state index contributed by atoms with van der Waals surface area (Å²) in [5.41, 5.74) is 0.604. The van der Waals surface area contributed by atoms with E-state index in [1.807, 2.05) is 0 Å². The van der Waals surface area contributed by atoms with Crippen LogP contribution < -0.4 is 0 Å². The van der Waals surface area contributed by atoms with Gasteiger partial charge >= 0.3 is 0 Å². The van der Waals surface area contributed by atoms with Gasteiger partial charge in [-0.3, -0.25) is 4.79 Å². The molecule has 0 heterocycles. The van der Waals surface area contributed by atoms with Crippen molar-refractivity contribution in [3.63, 3.8) is 0 Å². The van der Waals surface area contributed by atoms with Gasteiger partial charge in [-0.25, -0.2) is 12.8 Å². The maximum Gasteiger partial charge on any atom is 0.211 e. The van der Waals surface area contributed by atoms with Crippen LogP contribution in [0.2, 0.25) is 5.02 Å². The quantitative estimate of drug-likeness (QED) is 0.438. The van der Waals surface area contributed by atoms with Crippen molar-refractivity contribution >= 4 is 33.3 Å². The van der Waals surface area contributed by atoms with Gasteiger partial charge in [-0.1, -0.05) is 66.2 Å². The molecule has 0 amide bonds. The summed E-state index contributed by atoms with van der Waals surface area (Å²) in [5, 5.41) is 0.0170. The van der Waals surface area contributed by atoms with E-state index in [1.54, 1.807) is 24.3 Å². The van der Waals surface area contributed by atoms with Crippen molar-refractivity contribution in [3.8, 4) is 0 Å². The molecule has 0 aromatic heterocycles. The summed E-state index contributed by atoms with van der Waals surface area (Å²) in [6.07, 6.45) is 1.23. The molecule has 0 aliphatic carbocycles. The van der Waals surface area contributed by atoms with Crippen LogP contribution in [-0.4, -0.2) is 14.2 Å². The number of carbonyl (C=O) groups excluding carboxylic acids is 1. The Bertz CT molecular complexity index is 1110. The summed E-state index contributed by atoms with van der Waals surface area (Å²) in [7, 11) is -4.20. The third-order valence-corrected chi connectivity index (χ3v) is 6.10. The smallest absolute Gasteiger partial charge is 0.211 e. The van der Waals surface area contributed by atoms with Crippen molar-refractivity contribution in [1.29, 1.82) is 0 Å². The lowest BCUT2D eigenvalue weighted by molar-refractivity contribution is 0.104. The first kappa shape index (κ1) is 19.0. The van der Waals surface area contributed by atoms with Crippen LogP contribution in [0.15, 0.2) is 88.7 Å². The van der Waals surface area contributed by atoms with E-state index in [9.17, 15) is 17.6 Å². The van der Waals surface area contributed by atoms with Crippen LogP contribution in [0.5, 0.6) is 0 Å². The molecule has 0 aliphatic heterocycles. The van der Waals surface area contributed by atoms with Crippen LogP contribution in [0.1, 0.15) is 15.9 Å². The number of hydrogen-bond acceptors (Lipinski definition) is 3. The minimum atomic E-state index is -4.20. The Balaban J connectivity index is 2.20. The number of carbonyl (C=O) groups is 1. The Labute approximate surface area is 161 Å². The van der Waals surface area contributed by atoms with Crippen molar-refractivity contribution in [3.05, 3.63) is 106 Å². The average molecular weight is 401 g/mol. The number of sulfone groups is 1. The van der Waals surface area contributed by atoms with Gasteiger partial charge in [0.05, 0.1) is 9.92 Å². The first-order chi connectivity index (χ1) is 12.9. The Morgan fingerprint density at radius 2 is 1.44 bits per heavy atom. The van der Waals surface area contributed by atoms with Crippen LogP contribution in [0, 0.1) is 5.82 Å². The zero-order valence-corrected chi connectivity index (χ0v) is 15.5. The molecule has 136 valence electrons. The van der Waals surface area contributed by atoms with E-state index in [4.69, 9.17) is 11.6 Å². The van der Waals surface area contributed by atoms with Crippen molar-refractivity contribution in [2.75, 3.05) is 0 Å². The van der Waals surface area contributed by atoms with Crippen LogP contribution in [0.4, 0.5) is 4.39 Å². The van der Waals surface area contributed by atoms with Crippen molar-refractivity contribution < 1.29 is 17.6 Å². The first-order valence-corrected chi connectivity index (χ1v) is 9.82. The monoisotopic (exact) mass is 400 g/mol. The Kier molecular flexibility index (Phi) is 5.54. The summed E-state index contributed by atoms with van der Waals surface area (Å²) in [5.74, 6) is -1.13. The summed E-state index contributed by atoms with van der Waals surface area (Å²) < 4.78 is 39.6. The van der Waals surface area contributed by atoms with Gasteiger partial charge < -0.3 is 0 Å². The Hall–Kier alpha value is -2.76. The van der Waals surface area contributed by atoms with Crippen LogP contribution in [-0.2, 0) is 9.84 Å². The standard InChI is InChI=1S/C21H14ClFO3S/c22-18-8-4-5-9-19(18)27(25,26)20(14-15-10-12-17(23)13-11-15)21(24)16-6-2-1-3-7-16/h1-14H. The number of allylic oxidation sites excluding steroid dienone is 1. The molecule has 0 bridgehead atoms. The second-order valence-electron chi connectivity index (χ2n) is 5.69. The van der Waals surface area contributed by atoms with E-state index in [-0.39, 0.29) is 15.5 Å². The van der Waals surface area contributed by atoms with E-state index in [0.717, 1.165) is 0 Å². The normalized spacial score (nSPS) is 12.0. The lowest BCUT2D eigenvalue weighted by atomic mass is 10.1. The molecule has 0 unspecified atom stereocenters. The van der Waals surface area contributed by atoms with Gasteiger partial charge in [0.25, 0.3) is 0 Å². The molecule has 0 atom stereocenters. The number of benzene rings is 3. The largest absolute Gasteiger partial charge is 0.288 e. The molecular weight excluding hydrogens is 387 g/mol.